The number of hydrogen-bond acceptors (Lipinski definition) is 1. The summed E-state index contributed by atoms with van der Waals surface area (Å²) in [4.78, 5) is 12.7. The zero-order valence-corrected chi connectivity index (χ0v) is 14.3. The van der Waals surface area contributed by atoms with Crippen molar-refractivity contribution in [3.05, 3.63) is 0 Å². The van der Waals surface area contributed by atoms with Gasteiger partial charge in [-0.05, 0) is 43.9 Å². The monoisotopic (exact) mass is 305 g/mol. The molecule has 3 atom stereocenters. The van der Waals surface area contributed by atoms with Crippen LogP contribution >= 0.6 is 0 Å². The molecule has 2 heteroatoms. The maximum Gasteiger partial charge on any atom is 0.223 e. The Morgan fingerprint density at radius 3 is 1.77 bits per heavy atom. The van der Waals surface area contributed by atoms with Crippen LogP contribution in [0.25, 0.3) is 0 Å². The maximum absolute atomic E-state index is 12.7. The molecule has 3 rings (SSSR count). The van der Waals surface area contributed by atoms with Gasteiger partial charge in [0.15, 0.2) is 0 Å². The fourth-order valence-corrected chi connectivity index (χ4v) is 5.18. The van der Waals surface area contributed by atoms with E-state index in [4.69, 9.17) is 0 Å². The molecule has 0 aromatic rings. The third-order valence-electron chi connectivity index (χ3n) is 6.53. The van der Waals surface area contributed by atoms with Crippen LogP contribution in [-0.4, -0.2) is 11.9 Å². The molecular weight excluding hydrogens is 270 g/mol. The molecule has 0 aromatic heterocycles. The second-order valence-electron chi connectivity index (χ2n) is 8.25. The van der Waals surface area contributed by atoms with Crippen LogP contribution in [-0.2, 0) is 4.79 Å². The minimum atomic E-state index is 0.361. The van der Waals surface area contributed by atoms with Gasteiger partial charge in [0.05, 0.1) is 0 Å². The Kier molecular flexibility index (Phi) is 6.20. The van der Waals surface area contributed by atoms with Crippen molar-refractivity contribution in [2.75, 3.05) is 0 Å². The van der Waals surface area contributed by atoms with Crippen LogP contribution in [0.1, 0.15) is 96.3 Å². The quantitative estimate of drug-likeness (QED) is 0.745. The first kappa shape index (κ1) is 16.3. The molecule has 2 nitrogen and oxygen atoms in total. The van der Waals surface area contributed by atoms with Gasteiger partial charge in [-0.2, -0.15) is 0 Å². The molecular formula is C20H35NO. The maximum atomic E-state index is 12.7. The van der Waals surface area contributed by atoms with Crippen molar-refractivity contribution >= 4 is 5.91 Å². The first-order valence-electron chi connectivity index (χ1n) is 10.1. The number of hydrogen-bond donors (Lipinski definition) is 1. The summed E-state index contributed by atoms with van der Waals surface area (Å²) in [6, 6.07) is 0.464. The van der Waals surface area contributed by atoms with Crippen LogP contribution in [0.3, 0.4) is 0 Å². The van der Waals surface area contributed by atoms with Crippen LogP contribution in [0.5, 0.6) is 0 Å². The topological polar surface area (TPSA) is 29.1 Å². The molecule has 3 unspecified atom stereocenters. The van der Waals surface area contributed by atoms with Gasteiger partial charge in [-0.1, -0.05) is 64.2 Å². The lowest BCUT2D eigenvalue weighted by molar-refractivity contribution is -0.127. The third-order valence-corrected chi connectivity index (χ3v) is 6.53. The Hall–Kier alpha value is -0.530. The van der Waals surface area contributed by atoms with Crippen molar-refractivity contribution in [3.63, 3.8) is 0 Å². The summed E-state index contributed by atoms with van der Waals surface area (Å²) in [5, 5.41) is 3.46. The summed E-state index contributed by atoms with van der Waals surface area (Å²) in [5.41, 5.74) is 0. The molecule has 0 aromatic carbocycles. The molecule has 0 saturated heterocycles. The number of nitrogens with one attached hydrogen (secondary N) is 1. The summed E-state index contributed by atoms with van der Waals surface area (Å²) in [7, 11) is 0. The summed E-state index contributed by atoms with van der Waals surface area (Å²) < 4.78 is 0. The van der Waals surface area contributed by atoms with E-state index in [1.807, 2.05) is 0 Å². The fourth-order valence-electron chi connectivity index (χ4n) is 5.18. The number of rotatable bonds is 2. The molecule has 0 spiro atoms. The van der Waals surface area contributed by atoms with Crippen LogP contribution in [0.4, 0.5) is 0 Å². The van der Waals surface area contributed by atoms with E-state index in [-0.39, 0.29) is 0 Å². The number of carbonyl (C=O) groups is 1. The van der Waals surface area contributed by atoms with E-state index in [0.717, 1.165) is 11.8 Å². The molecule has 3 aliphatic carbocycles. The highest BCUT2D eigenvalue weighted by atomic mass is 16.2. The van der Waals surface area contributed by atoms with E-state index in [1.165, 1.54) is 96.3 Å². The smallest absolute Gasteiger partial charge is 0.223 e. The molecule has 1 amide bonds. The highest BCUT2D eigenvalue weighted by Gasteiger charge is 2.43. The SMILES string of the molecule is O=C(NC1CCCCCCCCCCC1)C1CC2CCC1C2. The molecule has 0 radical (unpaired) electrons. The van der Waals surface area contributed by atoms with E-state index in [2.05, 4.69) is 5.32 Å². The molecule has 3 fully saturated rings. The number of carbonyl (C=O) groups excluding carboxylic acids is 1. The van der Waals surface area contributed by atoms with E-state index < -0.39 is 0 Å². The van der Waals surface area contributed by atoms with Crippen LogP contribution in [0, 0.1) is 17.8 Å². The van der Waals surface area contributed by atoms with Crippen molar-refractivity contribution in [3.8, 4) is 0 Å². The van der Waals surface area contributed by atoms with Crippen LogP contribution in [0.2, 0.25) is 0 Å². The minimum absolute atomic E-state index is 0.361. The van der Waals surface area contributed by atoms with Gasteiger partial charge in [-0.3, -0.25) is 4.79 Å². The molecule has 2 bridgehead atoms. The van der Waals surface area contributed by atoms with Crippen molar-refractivity contribution in [1.29, 1.82) is 0 Å². The predicted molar refractivity (Wildman–Crippen MR) is 91.7 cm³/mol. The normalized spacial score (nSPS) is 34.8. The van der Waals surface area contributed by atoms with E-state index in [0.29, 0.717) is 17.9 Å². The van der Waals surface area contributed by atoms with Gasteiger partial charge in [0.1, 0.15) is 0 Å². The Bertz CT molecular complexity index is 342. The molecule has 126 valence electrons. The predicted octanol–water partition coefficient (Wildman–Crippen LogP) is 5.21. The molecule has 1 N–H and O–H groups in total. The first-order chi connectivity index (χ1) is 10.8. The zero-order valence-electron chi connectivity index (χ0n) is 14.3. The van der Waals surface area contributed by atoms with Gasteiger partial charge >= 0.3 is 0 Å². The summed E-state index contributed by atoms with van der Waals surface area (Å²) >= 11 is 0. The summed E-state index contributed by atoms with van der Waals surface area (Å²) in [5.74, 6) is 2.36. The first-order valence-corrected chi connectivity index (χ1v) is 10.1. The average molecular weight is 306 g/mol. The van der Waals surface area contributed by atoms with Crippen LogP contribution < -0.4 is 5.32 Å². The number of amides is 1. The second-order valence-corrected chi connectivity index (χ2v) is 8.25. The second kappa shape index (κ2) is 8.36. The molecule has 0 aliphatic heterocycles. The van der Waals surface area contributed by atoms with Gasteiger partial charge in [-0.25, -0.2) is 0 Å². The lowest BCUT2D eigenvalue weighted by Crippen LogP contribution is -2.40. The van der Waals surface area contributed by atoms with E-state index in [1.54, 1.807) is 0 Å². The Labute approximate surface area is 136 Å². The van der Waals surface area contributed by atoms with Gasteiger partial charge in [0, 0.05) is 12.0 Å². The van der Waals surface area contributed by atoms with Crippen molar-refractivity contribution < 1.29 is 4.79 Å². The zero-order chi connectivity index (χ0) is 15.2. The molecule has 0 heterocycles. The van der Waals surface area contributed by atoms with Gasteiger partial charge in [0.2, 0.25) is 5.91 Å². The standard InChI is InChI=1S/C20H35NO/c22-20(19-15-16-12-13-17(19)14-16)21-18-10-8-6-4-2-1-3-5-7-9-11-18/h16-19H,1-15H2,(H,21,22). The van der Waals surface area contributed by atoms with Gasteiger partial charge in [0.25, 0.3) is 0 Å². The molecule has 3 aliphatic rings. The Morgan fingerprint density at radius 2 is 1.27 bits per heavy atom. The Balaban J connectivity index is 1.46. The summed E-state index contributed by atoms with van der Waals surface area (Å²) in [6.45, 7) is 0. The van der Waals surface area contributed by atoms with Crippen molar-refractivity contribution in [2.45, 2.75) is 102 Å². The lowest BCUT2D eigenvalue weighted by Gasteiger charge is -2.25. The highest BCUT2D eigenvalue weighted by Crippen LogP contribution is 2.48. The van der Waals surface area contributed by atoms with Crippen molar-refractivity contribution in [2.24, 2.45) is 17.8 Å². The van der Waals surface area contributed by atoms with E-state index in [9.17, 15) is 4.79 Å². The minimum Gasteiger partial charge on any atom is -0.353 e. The third kappa shape index (κ3) is 4.49. The number of fused-ring (bicyclic) bond motifs is 2. The highest BCUT2D eigenvalue weighted by molar-refractivity contribution is 5.79. The van der Waals surface area contributed by atoms with E-state index >= 15 is 0 Å². The largest absolute Gasteiger partial charge is 0.353 e. The van der Waals surface area contributed by atoms with Gasteiger partial charge in [-0.15, -0.1) is 0 Å². The molecule has 3 saturated carbocycles. The average Bonchev–Trinajstić information content (AvgIpc) is 3.13. The lowest BCUT2D eigenvalue weighted by atomic mass is 9.87. The van der Waals surface area contributed by atoms with Crippen LogP contribution in [0.15, 0.2) is 0 Å². The van der Waals surface area contributed by atoms with Gasteiger partial charge < -0.3 is 5.32 Å². The Morgan fingerprint density at radius 1 is 0.682 bits per heavy atom. The molecule has 22 heavy (non-hydrogen) atoms. The summed E-state index contributed by atoms with van der Waals surface area (Å²) in [6.07, 6.45) is 20.1. The fraction of sp³-hybridized carbons (Fsp3) is 0.950. The van der Waals surface area contributed by atoms with Crippen molar-refractivity contribution in [1.82, 2.24) is 5.32 Å².